The van der Waals surface area contributed by atoms with Gasteiger partial charge in [0.1, 0.15) is 11.4 Å². The fourth-order valence-corrected chi connectivity index (χ4v) is 5.48. The second kappa shape index (κ2) is 7.43. The molecular formula is C20H32N4O2S. The zero-order chi connectivity index (χ0) is 19.7. The van der Waals surface area contributed by atoms with Crippen LogP contribution in [0.3, 0.4) is 0 Å². The molecule has 27 heavy (non-hydrogen) atoms. The van der Waals surface area contributed by atoms with E-state index in [0.29, 0.717) is 19.5 Å². The number of anilines is 2. The lowest BCUT2D eigenvalue weighted by atomic mass is 9.85. The van der Waals surface area contributed by atoms with Gasteiger partial charge >= 0.3 is 0 Å². The van der Waals surface area contributed by atoms with E-state index < -0.39 is 15.6 Å². The molecule has 6 nitrogen and oxygen atoms in total. The third-order valence-electron chi connectivity index (χ3n) is 5.06. The summed E-state index contributed by atoms with van der Waals surface area (Å²) < 4.78 is 27.4. The van der Waals surface area contributed by atoms with Crippen molar-refractivity contribution in [2.45, 2.75) is 64.5 Å². The lowest BCUT2D eigenvalue weighted by Gasteiger charge is -2.47. The van der Waals surface area contributed by atoms with Gasteiger partial charge < -0.3 is 10.6 Å². The maximum atomic E-state index is 12.8. The predicted molar refractivity (Wildman–Crippen MR) is 113 cm³/mol. The van der Waals surface area contributed by atoms with Crippen LogP contribution in [0.5, 0.6) is 0 Å². The molecule has 0 bridgehead atoms. The smallest absolute Gasteiger partial charge is 0.214 e. The molecule has 2 aliphatic rings. The van der Waals surface area contributed by atoms with E-state index >= 15 is 0 Å². The highest BCUT2D eigenvalue weighted by Gasteiger charge is 2.46. The summed E-state index contributed by atoms with van der Waals surface area (Å²) in [7, 11) is -3.25. The van der Waals surface area contributed by atoms with Crippen molar-refractivity contribution >= 4 is 27.2 Å². The minimum atomic E-state index is -3.25. The fourth-order valence-electron chi connectivity index (χ4n) is 3.74. The highest BCUT2D eigenvalue weighted by atomic mass is 32.2. The molecule has 2 N–H and O–H groups in total. The zero-order valence-electron chi connectivity index (χ0n) is 16.9. The van der Waals surface area contributed by atoms with Gasteiger partial charge in [-0.3, -0.25) is 4.99 Å². The van der Waals surface area contributed by atoms with Crippen molar-refractivity contribution in [1.29, 1.82) is 0 Å². The molecule has 3 rings (SSSR count). The molecular weight excluding hydrogens is 360 g/mol. The van der Waals surface area contributed by atoms with Crippen LogP contribution in [0.15, 0.2) is 29.3 Å². The Morgan fingerprint density at radius 2 is 1.93 bits per heavy atom. The Balaban J connectivity index is 1.98. The summed E-state index contributed by atoms with van der Waals surface area (Å²) in [6, 6.07) is 8.03. The van der Waals surface area contributed by atoms with Crippen molar-refractivity contribution in [3.63, 3.8) is 0 Å². The number of benzene rings is 1. The van der Waals surface area contributed by atoms with Crippen LogP contribution in [0.4, 0.5) is 11.4 Å². The Hall–Kier alpha value is -1.60. The van der Waals surface area contributed by atoms with Crippen LogP contribution < -0.4 is 10.6 Å². The zero-order valence-corrected chi connectivity index (χ0v) is 17.7. The van der Waals surface area contributed by atoms with E-state index in [4.69, 9.17) is 4.99 Å². The van der Waals surface area contributed by atoms with Gasteiger partial charge in [-0.2, -0.15) is 4.31 Å². The fraction of sp³-hybridized carbons (Fsp3) is 0.650. The Morgan fingerprint density at radius 1 is 1.22 bits per heavy atom. The van der Waals surface area contributed by atoms with E-state index in [9.17, 15) is 8.42 Å². The summed E-state index contributed by atoms with van der Waals surface area (Å²) in [6.45, 7) is 9.21. The molecule has 150 valence electrons. The van der Waals surface area contributed by atoms with Crippen molar-refractivity contribution in [3.05, 3.63) is 24.3 Å². The SMILES string of the molecule is CCCCS(=O)(=O)N1CCCC2(C1)Nc1ccccc1NC2=NC(C)(C)C. The molecule has 0 aromatic heterocycles. The standard InChI is InChI=1S/C20H32N4O2S/c1-5-6-14-27(25,26)24-13-9-12-20(15-24)18(23-19(2,3)4)21-16-10-7-8-11-17(16)22-20/h7-8,10-11,22H,5-6,9,12-15H2,1-4H3,(H,21,23). The number of para-hydroxylation sites is 2. The normalized spacial score (nSPS) is 25.1. The van der Waals surface area contributed by atoms with Gasteiger partial charge in [0, 0.05) is 13.1 Å². The van der Waals surface area contributed by atoms with Crippen molar-refractivity contribution in [3.8, 4) is 0 Å². The minimum Gasteiger partial charge on any atom is -0.370 e. The van der Waals surface area contributed by atoms with E-state index in [1.54, 1.807) is 4.31 Å². The lowest BCUT2D eigenvalue weighted by molar-refractivity contribution is 0.292. The van der Waals surface area contributed by atoms with E-state index in [1.165, 1.54) is 0 Å². The van der Waals surface area contributed by atoms with Crippen LogP contribution in [0.25, 0.3) is 0 Å². The maximum absolute atomic E-state index is 12.8. The highest BCUT2D eigenvalue weighted by molar-refractivity contribution is 7.89. The second-order valence-corrected chi connectivity index (χ2v) is 10.7. The Kier molecular flexibility index (Phi) is 5.54. The first-order chi connectivity index (χ1) is 12.7. The number of nitrogens with one attached hydrogen (secondary N) is 2. The van der Waals surface area contributed by atoms with Crippen LogP contribution in [-0.4, -0.2) is 48.5 Å². The molecule has 0 radical (unpaired) electrons. The van der Waals surface area contributed by atoms with Crippen LogP contribution >= 0.6 is 0 Å². The number of piperidine rings is 1. The molecule has 1 atom stereocenters. The molecule has 1 saturated heterocycles. The first-order valence-electron chi connectivity index (χ1n) is 9.88. The first kappa shape index (κ1) is 20.1. The molecule has 0 saturated carbocycles. The number of fused-ring (bicyclic) bond motifs is 1. The highest BCUT2D eigenvalue weighted by Crippen LogP contribution is 2.37. The van der Waals surface area contributed by atoms with Crippen molar-refractivity contribution in [2.24, 2.45) is 4.99 Å². The molecule has 1 fully saturated rings. The number of nitrogens with zero attached hydrogens (tertiary/aromatic N) is 2. The topological polar surface area (TPSA) is 73.8 Å². The monoisotopic (exact) mass is 392 g/mol. The molecule has 2 heterocycles. The molecule has 0 aliphatic carbocycles. The molecule has 2 aliphatic heterocycles. The number of unbranched alkanes of at least 4 members (excludes halogenated alkanes) is 1. The van der Waals surface area contributed by atoms with Gasteiger partial charge in [-0.25, -0.2) is 8.42 Å². The van der Waals surface area contributed by atoms with E-state index in [2.05, 4.69) is 31.4 Å². The number of aliphatic imine (C=N–C) groups is 1. The third kappa shape index (κ3) is 4.46. The van der Waals surface area contributed by atoms with Gasteiger partial charge in [0.25, 0.3) is 0 Å². The molecule has 7 heteroatoms. The number of sulfonamides is 1. The number of hydrogen-bond donors (Lipinski definition) is 2. The molecule has 0 amide bonds. The summed E-state index contributed by atoms with van der Waals surface area (Å²) in [4.78, 5) is 4.94. The predicted octanol–water partition coefficient (Wildman–Crippen LogP) is 3.69. The molecule has 1 spiro atoms. The summed E-state index contributed by atoms with van der Waals surface area (Å²) in [5.41, 5.74) is 1.21. The molecule has 1 unspecified atom stereocenters. The average molecular weight is 393 g/mol. The van der Waals surface area contributed by atoms with Gasteiger partial charge in [-0.15, -0.1) is 0 Å². The van der Waals surface area contributed by atoms with Gasteiger partial charge in [0.05, 0.1) is 22.7 Å². The summed E-state index contributed by atoms with van der Waals surface area (Å²) in [5.74, 6) is 1.05. The van der Waals surface area contributed by atoms with Crippen LogP contribution in [0, 0.1) is 0 Å². The minimum absolute atomic E-state index is 0.218. The molecule has 1 aromatic carbocycles. The van der Waals surface area contributed by atoms with Crippen LogP contribution in [0.1, 0.15) is 53.4 Å². The van der Waals surface area contributed by atoms with Gasteiger partial charge in [-0.05, 0) is 52.2 Å². The largest absolute Gasteiger partial charge is 0.370 e. The average Bonchev–Trinajstić information content (AvgIpc) is 2.60. The summed E-state index contributed by atoms with van der Waals surface area (Å²) >= 11 is 0. The van der Waals surface area contributed by atoms with Crippen LogP contribution in [-0.2, 0) is 10.0 Å². The number of rotatable bonds is 4. The molecule has 1 aromatic rings. The van der Waals surface area contributed by atoms with Crippen molar-refractivity contribution in [1.82, 2.24) is 4.31 Å². The number of hydrogen-bond acceptors (Lipinski definition) is 4. The van der Waals surface area contributed by atoms with Crippen molar-refractivity contribution in [2.75, 3.05) is 29.5 Å². The van der Waals surface area contributed by atoms with E-state index in [0.717, 1.165) is 36.5 Å². The van der Waals surface area contributed by atoms with E-state index in [1.807, 2.05) is 31.2 Å². The van der Waals surface area contributed by atoms with Gasteiger partial charge in [0.2, 0.25) is 10.0 Å². The Morgan fingerprint density at radius 3 is 2.59 bits per heavy atom. The van der Waals surface area contributed by atoms with Gasteiger partial charge in [-0.1, -0.05) is 25.5 Å². The lowest BCUT2D eigenvalue weighted by Crippen LogP contribution is -2.63. The Bertz CT molecular complexity index is 814. The van der Waals surface area contributed by atoms with Gasteiger partial charge in [0.15, 0.2) is 0 Å². The third-order valence-corrected chi connectivity index (χ3v) is 6.96. The quantitative estimate of drug-likeness (QED) is 0.820. The van der Waals surface area contributed by atoms with Crippen molar-refractivity contribution < 1.29 is 8.42 Å². The van der Waals surface area contributed by atoms with E-state index in [-0.39, 0.29) is 11.3 Å². The van der Waals surface area contributed by atoms with Crippen LogP contribution in [0.2, 0.25) is 0 Å². The number of amidine groups is 1. The summed E-state index contributed by atoms with van der Waals surface area (Å²) in [6.07, 6.45) is 3.24. The Labute approximate surface area is 163 Å². The second-order valence-electron chi connectivity index (χ2n) is 8.62. The maximum Gasteiger partial charge on any atom is 0.214 e. The first-order valence-corrected chi connectivity index (χ1v) is 11.5. The summed E-state index contributed by atoms with van der Waals surface area (Å²) in [5, 5.41) is 7.14.